The molecule has 0 radical (unpaired) electrons. The van der Waals surface area contributed by atoms with Crippen LogP contribution in [0.4, 0.5) is 4.39 Å². The maximum atomic E-state index is 13.0. The summed E-state index contributed by atoms with van der Waals surface area (Å²) in [6.45, 7) is 1.10. The molecule has 3 aromatic rings. The van der Waals surface area contributed by atoms with Crippen LogP contribution >= 0.6 is 0 Å². The van der Waals surface area contributed by atoms with Gasteiger partial charge in [0.05, 0.1) is 5.92 Å². The van der Waals surface area contributed by atoms with Gasteiger partial charge in [-0.3, -0.25) is 9.78 Å². The summed E-state index contributed by atoms with van der Waals surface area (Å²) >= 11 is 0. The molecule has 0 aliphatic carbocycles. The van der Waals surface area contributed by atoms with E-state index >= 15 is 0 Å². The first-order valence-corrected chi connectivity index (χ1v) is 8.00. The van der Waals surface area contributed by atoms with E-state index in [1.165, 1.54) is 24.3 Å². The summed E-state index contributed by atoms with van der Waals surface area (Å²) in [5, 5.41) is 3.98. The van der Waals surface area contributed by atoms with E-state index in [0.29, 0.717) is 36.1 Å². The van der Waals surface area contributed by atoms with Crippen molar-refractivity contribution < 1.29 is 13.7 Å². The average molecular weight is 338 g/mol. The number of benzene rings is 1. The first kappa shape index (κ1) is 15.4. The fraction of sp³-hybridized carbons (Fsp3) is 0.222. The Morgan fingerprint density at radius 3 is 2.80 bits per heavy atom. The zero-order chi connectivity index (χ0) is 17.2. The van der Waals surface area contributed by atoms with E-state index < -0.39 is 0 Å². The van der Waals surface area contributed by atoms with Gasteiger partial charge in [-0.1, -0.05) is 11.2 Å². The molecule has 6 nitrogen and oxygen atoms in total. The second-order valence-electron chi connectivity index (χ2n) is 5.91. The summed E-state index contributed by atoms with van der Waals surface area (Å²) in [5.41, 5.74) is 1.12. The Bertz CT molecular complexity index is 880. The van der Waals surface area contributed by atoms with Gasteiger partial charge in [-0.05, 0) is 42.8 Å². The summed E-state index contributed by atoms with van der Waals surface area (Å²) in [5.74, 6) is 0.471. The molecular formula is C18H15FN4O2. The predicted octanol–water partition coefficient (Wildman–Crippen LogP) is 2.90. The normalized spacial score (nSPS) is 17.0. The summed E-state index contributed by atoms with van der Waals surface area (Å²) in [7, 11) is 0. The average Bonchev–Trinajstić information content (AvgIpc) is 3.32. The number of carbonyl (C=O) groups is 1. The maximum absolute atomic E-state index is 13.0. The van der Waals surface area contributed by atoms with Crippen LogP contribution in [0.15, 0.2) is 53.2 Å². The minimum atomic E-state index is -0.358. The van der Waals surface area contributed by atoms with E-state index in [1.54, 1.807) is 11.1 Å². The molecule has 0 bridgehead atoms. The van der Waals surface area contributed by atoms with Gasteiger partial charge in [-0.25, -0.2) is 4.39 Å². The number of pyridine rings is 1. The summed E-state index contributed by atoms with van der Waals surface area (Å²) < 4.78 is 18.4. The largest absolute Gasteiger partial charge is 0.339 e. The van der Waals surface area contributed by atoms with Crippen molar-refractivity contribution in [3.63, 3.8) is 0 Å². The van der Waals surface area contributed by atoms with Crippen molar-refractivity contribution in [1.29, 1.82) is 0 Å². The third-order valence-corrected chi connectivity index (χ3v) is 4.25. The fourth-order valence-electron chi connectivity index (χ4n) is 2.92. The number of nitrogens with zero attached hydrogens (tertiary/aromatic N) is 4. The number of amides is 1. The monoisotopic (exact) mass is 338 g/mol. The molecule has 1 amide bonds. The van der Waals surface area contributed by atoms with Gasteiger partial charge >= 0.3 is 0 Å². The highest BCUT2D eigenvalue weighted by atomic mass is 19.1. The molecule has 1 atom stereocenters. The molecule has 1 aliphatic heterocycles. The summed E-state index contributed by atoms with van der Waals surface area (Å²) in [6, 6.07) is 11.1. The summed E-state index contributed by atoms with van der Waals surface area (Å²) in [4.78, 5) is 22.8. The van der Waals surface area contributed by atoms with Crippen LogP contribution in [0.2, 0.25) is 0 Å². The molecule has 3 heterocycles. The number of aromatic nitrogens is 3. The Balaban J connectivity index is 1.47. The number of rotatable bonds is 3. The molecule has 0 spiro atoms. The Labute approximate surface area is 143 Å². The van der Waals surface area contributed by atoms with Crippen molar-refractivity contribution in [3.8, 4) is 11.5 Å². The molecule has 2 aromatic heterocycles. The lowest BCUT2D eigenvalue weighted by Crippen LogP contribution is -2.28. The Morgan fingerprint density at radius 1 is 1.20 bits per heavy atom. The topological polar surface area (TPSA) is 72.1 Å². The molecule has 1 aliphatic rings. The second kappa shape index (κ2) is 6.43. The van der Waals surface area contributed by atoms with Crippen molar-refractivity contribution in [3.05, 3.63) is 65.9 Å². The number of carbonyl (C=O) groups excluding carboxylic acids is 1. The van der Waals surface area contributed by atoms with Crippen LogP contribution in [0, 0.1) is 5.82 Å². The van der Waals surface area contributed by atoms with Crippen LogP contribution in [0.3, 0.4) is 0 Å². The molecule has 126 valence electrons. The number of likely N-dealkylation sites (tertiary alicyclic amines) is 1. The van der Waals surface area contributed by atoms with Gasteiger partial charge in [0.15, 0.2) is 0 Å². The zero-order valence-corrected chi connectivity index (χ0v) is 13.3. The molecule has 7 heteroatoms. The second-order valence-corrected chi connectivity index (χ2v) is 5.91. The van der Waals surface area contributed by atoms with Gasteiger partial charge in [-0.15, -0.1) is 0 Å². The van der Waals surface area contributed by atoms with Crippen molar-refractivity contribution in [2.24, 2.45) is 0 Å². The first-order valence-electron chi connectivity index (χ1n) is 8.00. The van der Waals surface area contributed by atoms with Gasteiger partial charge in [0.25, 0.3) is 5.91 Å². The van der Waals surface area contributed by atoms with Crippen molar-refractivity contribution in [2.75, 3.05) is 13.1 Å². The minimum Gasteiger partial charge on any atom is -0.339 e. The molecule has 1 fully saturated rings. The highest BCUT2D eigenvalue weighted by molar-refractivity contribution is 5.94. The Hall–Kier alpha value is -3.09. The van der Waals surface area contributed by atoms with E-state index in [4.69, 9.17) is 4.52 Å². The minimum absolute atomic E-state index is 0.00522. The highest BCUT2D eigenvalue weighted by Gasteiger charge is 2.31. The van der Waals surface area contributed by atoms with Crippen LogP contribution in [0.25, 0.3) is 11.5 Å². The van der Waals surface area contributed by atoms with Crippen LogP contribution < -0.4 is 0 Å². The molecule has 25 heavy (non-hydrogen) atoms. The zero-order valence-electron chi connectivity index (χ0n) is 13.3. The van der Waals surface area contributed by atoms with E-state index in [0.717, 1.165) is 6.42 Å². The van der Waals surface area contributed by atoms with E-state index in [2.05, 4.69) is 15.1 Å². The molecular weight excluding hydrogens is 323 g/mol. The van der Waals surface area contributed by atoms with Crippen molar-refractivity contribution in [1.82, 2.24) is 20.0 Å². The molecule has 1 saturated heterocycles. The van der Waals surface area contributed by atoms with Crippen LogP contribution in [0.5, 0.6) is 0 Å². The fourth-order valence-corrected chi connectivity index (χ4v) is 2.92. The molecule has 0 unspecified atom stereocenters. The smallest absolute Gasteiger partial charge is 0.253 e. The third-order valence-electron chi connectivity index (χ3n) is 4.25. The highest BCUT2D eigenvalue weighted by Crippen LogP contribution is 2.28. The number of hydrogen-bond donors (Lipinski definition) is 0. The van der Waals surface area contributed by atoms with Gasteiger partial charge in [0, 0.05) is 24.8 Å². The molecule has 1 aromatic carbocycles. The van der Waals surface area contributed by atoms with E-state index in [-0.39, 0.29) is 17.6 Å². The van der Waals surface area contributed by atoms with Gasteiger partial charge in [-0.2, -0.15) is 4.98 Å². The summed E-state index contributed by atoms with van der Waals surface area (Å²) in [6.07, 6.45) is 2.42. The maximum Gasteiger partial charge on any atom is 0.253 e. The van der Waals surface area contributed by atoms with E-state index in [9.17, 15) is 9.18 Å². The molecule has 4 rings (SSSR count). The van der Waals surface area contributed by atoms with Crippen LogP contribution in [-0.2, 0) is 0 Å². The van der Waals surface area contributed by atoms with Crippen molar-refractivity contribution >= 4 is 5.91 Å². The van der Waals surface area contributed by atoms with Crippen LogP contribution in [0.1, 0.15) is 28.6 Å². The molecule has 0 N–H and O–H groups in total. The lowest BCUT2D eigenvalue weighted by atomic mass is 10.1. The number of halogens is 1. The van der Waals surface area contributed by atoms with Gasteiger partial charge in [0.1, 0.15) is 11.5 Å². The quantitative estimate of drug-likeness (QED) is 0.734. The lowest BCUT2D eigenvalue weighted by Gasteiger charge is -2.15. The molecule has 0 saturated carbocycles. The SMILES string of the molecule is O=C(c1ccc(F)cc1)N1CC[C@@H](c2nc(-c3ccccn3)no2)C1. The predicted molar refractivity (Wildman–Crippen MR) is 87.2 cm³/mol. The number of hydrogen-bond acceptors (Lipinski definition) is 5. The lowest BCUT2D eigenvalue weighted by molar-refractivity contribution is 0.0789. The third kappa shape index (κ3) is 3.13. The first-order chi connectivity index (χ1) is 12.2. The van der Waals surface area contributed by atoms with Crippen LogP contribution in [-0.4, -0.2) is 39.0 Å². The van der Waals surface area contributed by atoms with E-state index in [1.807, 2.05) is 18.2 Å². The Morgan fingerprint density at radius 2 is 2.04 bits per heavy atom. The van der Waals surface area contributed by atoms with Gasteiger partial charge in [0.2, 0.25) is 11.7 Å². The Kier molecular flexibility index (Phi) is 3.97. The standard InChI is InChI=1S/C18H15FN4O2/c19-14-6-4-12(5-7-14)18(24)23-10-8-13(11-23)17-21-16(22-25-17)15-3-1-2-9-20-15/h1-7,9,13H,8,10-11H2/t13-/m1/s1. The van der Waals surface area contributed by atoms with Crippen molar-refractivity contribution in [2.45, 2.75) is 12.3 Å². The van der Waals surface area contributed by atoms with Gasteiger partial charge < -0.3 is 9.42 Å².